The number of unbranched alkanes of at least 4 members (excludes halogenated alkanes) is 1. The Balaban J connectivity index is 2.32. The summed E-state index contributed by atoms with van der Waals surface area (Å²) >= 11 is 5.97. The summed E-state index contributed by atoms with van der Waals surface area (Å²) in [7, 11) is -3.73. The van der Waals surface area contributed by atoms with Crippen LogP contribution in [-0.4, -0.2) is 50.5 Å². The van der Waals surface area contributed by atoms with Crippen molar-refractivity contribution in [2.75, 3.05) is 23.7 Å². The van der Waals surface area contributed by atoms with Crippen molar-refractivity contribution in [3.63, 3.8) is 0 Å². The van der Waals surface area contributed by atoms with Gasteiger partial charge in [0.1, 0.15) is 12.6 Å². The molecule has 33 heavy (non-hydrogen) atoms. The molecular weight excluding hydrogens is 462 g/mol. The summed E-state index contributed by atoms with van der Waals surface area (Å²) in [5.41, 5.74) is 2.14. The third kappa shape index (κ3) is 8.05. The highest BCUT2D eigenvalue weighted by atomic mass is 35.5. The molecule has 2 amide bonds. The van der Waals surface area contributed by atoms with E-state index >= 15 is 0 Å². The highest BCUT2D eigenvalue weighted by Crippen LogP contribution is 2.20. The van der Waals surface area contributed by atoms with Crippen LogP contribution in [0.25, 0.3) is 0 Å². The van der Waals surface area contributed by atoms with E-state index in [0.29, 0.717) is 17.3 Å². The van der Waals surface area contributed by atoms with Crippen LogP contribution in [0.5, 0.6) is 0 Å². The maximum Gasteiger partial charge on any atom is 0.244 e. The van der Waals surface area contributed by atoms with E-state index in [9.17, 15) is 18.0 Å². The quantitative estimate of drug-likeness (QED) is 0.483. The molecule has 0 spiro atoms. The van der Waals surface area contributed by atoms with E-state index in [1.54, 1.807) is 55.5 Å². The second-order valence-electron chi connectivity index (χ2n) is 8.07. The van der Waals surface area contributed by atoms with Crippen molar-refractivity contribution in [3.05, 3.63) is 64.7 Å². The van der Waals surface area contributed by atoms with E-state index in [2.05, 4.69) is 5.32 Å². The number of nitrogens with zero attached hydrogens (tertiary/aromatic N) is 2. The van der Waals surface area contributed by atoms with E-state index in [-0.39, 0.29) is 12.5 Å². The fourth-order valence-electron chi connectivity index (χ4n) is 3.23. The van der Waals surface area contributed by atoms with Gasteiger partial charge in [0, 0.05) is 18.1 Å². The lowest BCUT2D eigenvalue weighted by Gasteiger charge is -2.31. The van der Waals surface area contributed by atoms with Crippen molar-refractivity contribution in [2.45, 2.75) is 46.2 Å². The molecule has 0 radical (unpaired) electrons. The molecule has 0 aliphatic heterocycles. The van der Waals surface area contributed by atoms with Gasteiger partial charge in [0.15, 0.2) is 0 Å². The van der Waals surface area contributed by atoms with Crippen molar-refractivity contribution >= 4 is 39.1 Å². The second-order valence-corrected chi connectivity index (χ2v) is 10.4. The van der Waals surface area contributed by atoms with Gasteiger partial charge in [-0.05, 0) is 50.1 Å². The average Bonchev–Trinajstić information content (AvgIpc) is 2.76. The van der Waals surface area contributed by atoms with Gasteiger partial charge in [-0.25, -0.2) is 8.42 Å². The van der Waals surface area contributed by atoms with Gasteiger partial charge in [0.2, 0.25) is 21.8 Å². The van der Waals surface area contributed by atoms with Crippen molar-refractivity contribution in [1.82, 2.24) is 10.2 Å². The van der Waals surface area contributed by atoms with E-state index in [0.717, 1.165) is 34.5 Å². The normalized spacial score (nSPS) is 12.2. The summed E-state index contributed by atoms with van der Waals surface area (Å²) in [6, 6.07) is 13.1. The Labute approximate surface area is 201 Å². The van der Waals surface area contributed by atoms with E-state index < -0.39 is 28.5 Å². The molecule has 0 heterocycles. The molecule has 2 aromatic rings. The largest absolute Gasteiger partial charge is 0.354 e. The molecule has 9 heteroatoms. The Morgan fingerprint density at radius 2 is 1.67 bits per heavy atom. The molecule has 0 saturated heterocycles. The minimum Gasteiger partial charge on any atom is -0.354 e. The van der Waals surface area contributed by atoms with Gasteiger partial charge in [0.25, 0.3) is 0 Å². The molecule has 0 aliphatic carbocycles. The lowest BCUT2D eigenvalue weighted by molar-refractivity contribution is -0.139. The molecule has 2 rings (SSSR count). The van der Waals surface area contributed by atoms with Crippen molar-refractivity contribution in [3.8, 4) is 0 Å². The Hall–Kier alpha value is -2.58. The monoisotopic (exact) mass is 493 g/mol. The van der Waals surface area contributed by atoms with Crippen molar-refractivity contribution in [1.29, 1.82) is 0 Å². The molecule has 180 valence electrons. The molecule has 0 fully saturated rings. The average molecular weight is 494 g/mol. The maximum absolute atomic E-state index is 13.4. The molecule has 0 aliphatic rings. The predicted octanol–water partition coefficient (Wildman–Crippen LogP) is 3.75. The summed E-state index contributed by atoms with van der Waals surface area (Å²) < 4.78 is 26.1. The van der Waals surface area contributed by atoms with E-state index in [1.807, 2.05) is 13.8 Å². The first-order valence-corrected chi connectivity index (χ1v) is 13.1. The highest BCUT2D eigenvalue weighted by molar-refractivity contribution is 7.92. The van der Waals surface area contributed by atoms with Crippen LogP contribution in [0, 0.1) is 6.92 Å². The molecule has 0 aromatic heterocycles. The summed E-state index contributed by atoms with van der Waals surface area (Å²) in [6.45, 7) is 5.81. The lowest BCUT2D eigenvalue weighted by Crippen LogP contribution is -2.51. The maximum atomic E-state index is 13.4. The first kappa shape index (κ1) is 26.7. The molecule has 0 bridgehead atoms. The van der Waals surface area contributed by atoms with Gasteiger partial charge in [-0.15, -0.1) is 0 Å². The number of rotatable bonds is 11. The van der Waals surface area contributed by atoms with Crippen LogP contribution >= 0.6 is 11.6 Å². The van der Waals surface area contributed by atoms with Crippen LogP contribution in [0.1, 0.15) is 37.8 Å². The zero-order valence-corrected chi connectivity index (χ0v) is 21.1. The number of aryl methyl sites for hydroxylation is 1. The fraction of sp³-hybridized carbons (Fsp3) is 0.417. The highest BCUT2D eigenvalue weighted by Gasteiger charge is 2.29. The second kappa shape index (κ2) is 12.0. The van der Waals surface area contributed by atoms with Gasteiger partial charge < -0.3 is 10.2 Å². The smallest absolute Gasteiger partial charge is 0.244 e. The van der Waals surface area contributed by atoms with Gasteiger partial charge >= 0.3 is 0 Å². The molecule has 1 atom stereocenters. The van der Waals surface area contributed by atoms with E-state index in [1.165, 1.54) is 4.90 Å². The summed E-state index contributed by atoms with van der Waals surface area (Å²) in [4.78, 5) is 27.5. The number of benzene rings is 2. The molecule has 2 aromatic carbocycles. The zero-order valence-electron chi connectivity index (χ0n) is 19.5. The summed E-state index contributed by atoms with van der Waals surface area (Å²) in [5, 5.41) is 3.41. The zero-order chi connectivity index (χ0) is 24.6. The van der Waals surface area contributed by atoms with Gasteiger partial charge in [-0.3, -0.25) is 13.9 Å². The van der Waals surface area contributed by atoms with Crippen molar-refractivity contribution in [2.24, 2.45) is 0 Å². The van der Waals surface area contributed by atoms with Crippen LogP contribution in [0.2, 0.25) is 5.02 Å². The Morgan fingerprint density at radius 3 is 2.21 bits per heavy atom. The Morgan fingerprint density at radius 1 is 1.06 bits per heavy atom. The molecular formula is C24H32ClN3O4S. The van der Waals surface area contributed by atoms with Crippen LogP contribution in [-0.2, 0) is 26.2 Å². The fourth-order valence-corrected chi connectivity index (χ4v) is 4.21. The van der Waals surface area contributed by atoms with Gasteiger partial charge in [0.05, 0.1) is 11.9 Å². The standard InChI is InChI=1S/C24H32ClN3O4S/c1-5-6-15-26-24(30)19(3)27(16-20-9-11-21(25)12-10-20)23(29)17-28(33(4,31)32)22-13-7-18(2)8-14-22/h7-14,19H,5-6,15-17H2,1-4H3,(H,26,30)/t19-/m0/s1. The van der Waals surface area contributed by atoms with Crippen LogP contribution in [0.3, 0.4) is 0 Å². The Bertz CT molecular complexity index is 1040. The van der Waals surface area contributed by atoms with Crippen LogP contribution < -0.4 is 9.62 Å². The third-order valence-corrected chi connectivity index (χ3v) is 6.66. The number of halogens is 1. The van der Waals surface area contributed by atoms with Gasteiger partial charge in [-0.2, -0.15) is 0 Å². The first-order chi connectivity index (χ1) is 15.5. The number of anilines is 1. The molecule has 7 nitrogen and oxygen atoms in total. The number of hydrogen-bond acceptors (Lipinski definition) is 4. The molecule has 1 N–H and O–H groups in total. The number of nitrogens with one attached hydrogen (secondary N) is 1. The summed E-state index contributed by atoms with van der Waals surface area (Å²) in [6.07, 6.45) is 2.82. The van der Waals surface area contributed by atoms with Crippen molar-refractivity contribution < 1.29 is 18.0 Å². The topological polar surface area (TPSA) is 86.8 Å². The van der Waals surface area contributed by atoms with Gasteiger partial charge in [-0.1, -0.05) is 54.8 Å². The predicted molar refractivity (Wildman–Crippen MR) is 133 cm³/mol. The SMILES string of the molecule is CCCCNC(=O)[C@H](C)N(Cc1ccc(Cl)cc1)C(=O)CN(c1ccc(C)cc1)S(C)(=O)=O. The lowest BCUT2D eigenvalue weighted by atomic mass is 10.1. The Kier molecular flexibility index (Phi) is 9.73. The number of amides is 2. The molecule has 0 unspecified atom stereocenters. The number of carbonyl (C=O) groups excluding carboxylic acids is 2. The van der Waals surface area contributed by atoms with E-state index in [4.69, 9.17) is 11.6 Å². The molecule has 0 saturated carbocycles. The minimum absolute atomic E-state index is 0.143. The third-order valence-electron chi connectivity index (χ3n) is 5.26. The number of sulfonamides is 1. The number of carbonyl (C=O) groups is 2. The van der Waals surface area contributed by atoms with Crippen LogP contribution in [0.4, 0.5) is 5.69 Å². The summed E-state index contributed by atoms with van der Waals surface area (Å²) in [5.74, 6) is -0.763. The number of hydrogen-bond donors (Lipinski definition) is 1. The minimum atomic E-state index is -3.73. The van der Waals surface area contributed by atoms with Crippen LogP contribution in [0.15, 0.2) is 48.5 Å². The first-order valence-electron chi connectivity index (χ1n) is 10.9.